The zero-order valence-corrected chi connectivity index (χ0v) is 14.5. The predicted octanol–water partition coefficient (Wildman–Crippen LogP) is -2.42. The Morgan fingerprint density at radius 3 is 2.77 bits per heavy atom. The van der Waals surface area contributed by atoms with Gasteiger partial charge in [0.05, 0.1) is 19.2 Å². The average molecular weight is 313 g/mol. The van der Waals surface area contributed by atoms with E-state index in [1.54, 1.807) is 18.2 Å². The van der Waals surface area contributed by atoms with Gasteiger partial charge in [-0.25, -0.2) is 0 Å². The van der Waals surface area contributed by atoms with Gasteiger partial charge in [-0.15, -0.1) is 0 Å². The quantitative estimate of drug-likeness (QED) is 0.585. The number of ether oxygens (including phenoxy) is 2. The summed E-state index contributed by atoms with van der Waals surface area (Å²) >= 11 is 0. The fourth-order valence-electron chi connectivity index (χ4n) is 2.32. The monoisotopic (exact) mass is 313 g/mol. The van der Waals surface area contributed by atoms with E-state index in [-0.39, 0.29) is 40.6 Å². The summed E-state index contributed by atoms with van der Waals surface area (Å²) in [6, 6.07) is 5.85. The van der Waals surface area contributed by atoms with Gasteiger partial charge in [-0.05, 0) is 18.2 Å². The van der Waals surface area contributed by atoms with Gasteiger partial charge in [0.25, 0.3) is 0 Å². The summed E-state index contributed by atoms with van der Waals surface area (Å²) in [4.78, 5) is 13.9. The smallest absolute Gasteiger partial charge is 0.578 e. The molecule has 0 N–H and O–H groups in total. The van der Waals surface area contributed by atoms with Crippen molar-refractivity contribution < 1.29 is 48.6 Å². The van der Waals surface area contributed by atoms with E-state index in [0.717, 1.165) is 38.9 Å². The Morgan fingerprint density at radius 2 is 2.00 bits per heavy atom. The van der Waals surface area contributed by atoms with Gasteiger partial charge in [0.2, 0.25) is 0 Å². The molecular weight excluding hydrogens is 297 g/mol. The van der Waals surface area contributed by atoms with E-state index in [4.69, 9.17) is 13.9 Å². The molecule has 3 rings (SSSR count). The predicted molar refractivity (Wildman–Crippen MR) is 74.7 cm³/mol. The van der Waals surface area contributed by atoms with Crippen molar-refractivity contribution in [2.75, 3.05) is 39.5 Å². The summed E-state index contributed by atoms with van der Waals surface area (Å²) < 4.78 is 15.9. The SMILES string of the molecule is O=c1cc([O-])oc2cc(OCCN3CCOCC3)ccc12.[Na+]. The van der Waals surface area contributed by atoms with E-state index >= 15 is 0 Å². The maximum Gasteiger partial charge on any atom is 1.00 e. The molecule has 1 aromatic heterocycles. The molecule has 0 radical (unpaired) electrons. The zero-order valence-electron chi connectivity index (χ0n) is 12.5. The summed E-state index contributed by atoms with van der Waals surface area (Å²) in [6.45, 7) is 4.69. The minimum Gasteiger partial charge on any atom is -0.578 e. The molecule has 0 unspecified atom stereocenters. The Bertz CT molecular complexity index is 681. The number of benzene rings is 1. The summed E-state index contributed by atoms with van der Waals surface area (Å²) in [7, 11) is 0. The summed E-state index contributed by atoms with van der Waals surface area (Å²) in [5, 5.41) is 11.6. The molecule has 6 nitrogen and oxygen atoms in total. The van der Waals surface area contributed by atoms with Gasteiger partial charge in [0, 0.05) is 36.7 Å². The second-order valence-electron chi connectivity index (χ2n) is 4.89. The fourth-order valence-corrected chi connectivity index (χ4v) is 2.32. The standard InChI is InChI=1S/C15H17NO5.Na/c17-13-10-15(18)21-14-9-11(1-2-12(13)14)20-8-5-16-3-6-19-7-4-16;/h1-2,9-10,18H,3-8H2;/q;+1/p-1. The van der Waals surface area contributed by atoms with Crippen LogP contribution < -0.4 is 44.8 Å². The minimum atomic E-state index is -0.641. The molecule has 1 aromatic carbocycles. The number of nitrogens with zero attached hydrogens (tertiary/aromatic N) is 1. The number of hydrogen-bond acceptors (Lipinski definition) is 6. The van der Waals surface area contributed by atoms with Crippen LogP contribution in [-0.4, -0.2) is 44.4 Å². The number of fused-ring (bicyclic) bond motifs is 1. The molecule has 112 valence electrons. The molecule has 0 aliphatic carbocycles. The van der Waals surface area contributed by atoms with Gasteiger partial charge in [-0.3, -0.25) is 9.69 Å². The van der Waals surface area contributed by atoms with Crippen molar-refractivity contribution in [2.24, 2.45) is 0 Å². The molecule has 1 aliphatic rings. The van der Waals surface area contributed by atoms with Gasteiger partial charge in [0.15, 0.2) is 5.43 Å². The van der Waals surface area contributed by atoms with Crippen LogP contribution in [0.4, 0.5) is 0 Å². The third kappa shape index (κ3) is 4.24. The molecule has 7 heteroatoms. The van der Waals surface area contributed by atoms with Crippen molar-refractivity contribution in [2.45, 2.75) is 0 Å². The average Bonchev–Trinajstić information content (AvgIpc) is 2.48. The first-order valence-electron chi connectivity index (χ1n) is 6.90. The topological polar surface area (TPSA) is 75.0 Å². The van der Waals surface area contributed by atoms with Crippen LogP contribution >= 0.6 is 0 Å². The van der Waals surface area contributed by atoms with Gasteiger partial charge in [-0.2, -0.15) is 0 Å². The Balaban J connectivity index is 0.00000176. The van der Waals surface area contributed by atoms with E-state index in [2.05, 4.69) is 4.90 Å². The molecule has 1 saturated heterocycles. The Hall–Kier alpha value is -1.05. The Labute approximate surface area is 149 Å². The second kappa shape index (κ2) is 7.99. The summed E-state index contributed by atoms with van der Waals surface area (Å²) in [5.41, 5.74) is -0.0718. The first-order valence-corrected chi connectivity index (χ1v) is 6.90. The van der Waals surface area contributed by atoms with Crippen molar-refractivity contribution in [3.8, 4) is 11.7 Å². The second-order valence-corrected chi connectivity index (χ2v) is 4.89. The van der Waals surface area contributed by atoms with Crippen LogP contribution in [0.5, 0.6) is 11.7 Å². The Kier molecular flexibility index (Phi) is 6.28. The molecule has 2 aromatic rings. The molecular formula is C15H16NNaO5. The van der Waals surface area contributed by atoms with Gasteiger partial charge in [0.1, 0.15) is 12.4 Å². The molecule has 1 aliphatic heterocycles. The van der Waals surface area contributed by atoms with Crippen LogP contribution in [-0.2, 0) is 4.74 Å². The molecule has 1 fully saturated rings. The van der Waals surface area contributed by atoms with E-state index in [1.165, 1.54) is 0 Å². The summed E-state index contributed by atoms with van der Waals surface area (Å²) in [5.74, 6) is -0.0533. The van der Waals surface area contributed by atoms with Crippen LogP contribution in [0, 0.1) is 0 Å². The van der Waals surface area contributed by atoms with Gasteiger partial charge < -0.3 is 19.0 Å². The maximum absolute atomic E-state index is 11.6. The van der Waals surface area contributed by atoms with Gasteiger partial charge >= 0.3 is 29.6 Å². The molecule has 0 atom stereocenters. The molecule has 0 saturated carbocycles. The van der Waals surface area contributed by atoms with Crippen molar-refractivity contribution >= 4 is 11.0 Å². The third-order valence-corrected chi connectivity index (χ3v) is 3.46. The van der Waals surface area contributed by atoms with E-state index in [1.807, 2.05) is 0 Å². The number of hydrogen-bond donors (Lipinski definition) is 0. The van der Waals surface area contributed by atoms with E-state index < -0.39 is 5.95 Å². The first-order chi connectivity index (χ1) is 10.2. The summed E-state index contributed by atoms with van der Waals surface area (Å²) in [6.07, 6.45) is 0. The number of rotatable bonds is 4. The van der Waals surface area contributed by atoms with Crippen molar-refractivity contribution in [1.29, 1.82) is 0 Å². The van der Waals surface area contributed by atoms with Crippen molar-refractivity contribution in [3.63, 3.8) is 0 Å². The zero-order chi connectivity index (χ0) is 14.7. The molecule has 0 bridgehead atoms. The van der Waals surface area contributed by atoms with E-state index in [9.17, 15) is 9.90 Å². The molecule has 0 amide bonds. The molecule has 22 heavy (non-hydrogen) atoms. The minimum absolute atomic E-state index is 0. The van der Waals surface area contributed by atoms with Gasteiger partial charge in [-0.1, -0.05) is 0 Å². The fraction of sp³-hybridized carbons (Fsp3) is 0.400. The van der Waals surface area contributed by atoms with Crippen LogP contribution in [0.25, 0.3) is 11.0 Å². The normalized spacial score (nSPS) is 15.5. The maximum atomic E-state index is 11.6. The van der Waals surface area contributed by atoms with E-state index in [0.29, 0.717) is 17.7 Å². The third-order valence-electron chi connectivity index (χ3n) is 3.46. The van der Waals surface area contributed by atoms with Crippen molar-refractivity contribution in [1.82, 2.24) is 4.90 Å². The Morgan fingerprint density at radius 1 is 1.23 bits per heavy atom. The van der Waals surface area contributed by atoms with Crippen LogP contribution in [0.3, 0.4) is 0 Å². The number of morpholine rings is 1. The molecule has 0 spiro atoms. The van der Waals surface area contributed by atoms with Crippen LogP contribution in [0.15, 0.2) is 33.5 Å². The van der Waals surface area contributed by atoms with Crippen LogP contribution in [0.1, 0.15) is 0 Å². The van der Waals surface area contributed by atoms with Crippen LogP contribution in [0.2, 0.25) is 0 Å². The van der Waals surface area contributed by atoms with Crippen molar-refractivity contribution in [3.05, 3.63) is 34.5 Å². The first kappa shape index (κ1) is 17.3. The largest absolute Gasteiger partial charge is 1.00 e. The molecule has 2 heterocycles.